The van der Waals surface area contributed by atoms with Crippen LogP contribution in [0.1, 0.15) is 29.6 Å². The molecule has 3 N–H and O–H groups in total. The second-order valence-electron chi connectivity index (χ2n) is 7.43. The monoisotopic (exact) mass is 485 g/mol. The molecule has 1 saturated heterocycles. The van der Waals surface area contributed by atoms with Crippen molar-refractivity contribution in [3.63, 3.8) is 0 Å². The van der Waals surface area contributed by atoms with Crippen molar-refractivity contribution in [3.05, 3.63) is 35.2 Å². The van der Waals surface area contributed by atoms with Crippen LogP contribution in [0.15, 0.2) is 24.7 Å². The molecular weight excluding hydrogens is 467 g/mol. The zero-order chi connectivity index (χ0) is 24.2. The van der Waals surface area contributed by atoms with E-state index in [-0.39, 0.29) is 43.7 Å². The molecule has 2 amide bonds. The Bertz CT molecular complexity index is 1080. The van der Waals surface area contributed by atoms with E-state index in [0.717, 1.165) is 4.90 Å². The molecule has 0 bridgehead atoms. The van der Waals surface area contributed by atoms with Gasteiger partial charge in [-0.1, -0.05) is 11.6 Å². The maximum atomic E-state index is 12.3. The second-order valence-corrected chi connectivity index (χ2v) is 7.87. The molecule has 0 aromatic carbocycles. The fraction of sp³-hybridized carbons (Fsp3) is 0.421. The first-order valence-electron chi connectivity index (χ1n) is 9.66. The number of likely N-dealkylation sites (tertiary alicyclic amines) is 1. The molecule has 176 valence electrons. The fourth-order valence-electron chi connectivity index (χ4n) is 3.48. The molecule has 3 rings (SSSR count). The summed E-state index contributed by atoms with van der Waals surface area (Å²) < 4.78 is 42.7. The molecule has 0 aliphatic carbocycles. The van der Waals surface area contributed by atoms with Crippen LogP contribution in [0.4, 0.5) is 29.5 Å². The van der Waals surface area contributed by atoms with Crippen molar-refractivity contribution >= 4 is 35.1 Å². The molecule has 2 aromatic rings. The second kappa shape index (κ2) is 9.53. The molecule has 2 aromatic heterocycles. The number of nitriles is 1. The third kappa shape index (κ3) is 5.83. The van der Waals surface area contributed by atoms with Crippen LogP contribution in [0.25, 0.3) is 0 Å². The van der Waals surface area contributed by atoms with Gasteiger partial charge in [-0.25, -0.2) is 4.79 Å². The molecule has 3 heterocycles. The van der Waals surface area contributed by atoms with E-state index >= 15 is 0 Å². The van der Waals surface area contributed by atoms with Gasteiger partial charge in [0.25, 0.3) is 5.91 Å². The van der Waals surface area contributed by atoms with E-state index in [2.05, 4.69) is 26.2 Å². The van der Waals surface area contributed by atoms with Crippen LogP contribution in [0.2, 0.25) is 5.02 Å². The summed E-state index contributed by atoms with van der Waals surface area (Å²) in [6.45, 7) is -1.61. The van der Waals surface area contributed by atoms with Gasteiger partial charge in [0.2, 0.25) is 0 Å². The maximum absolute atomic E-state index is 12.3. The fourth-order valence-corrected chi connectivity index (χ4v) is 3.65. The number of nitrogens with zero attached hydrogens (tertiary/aromatic N) is 5. The lowest BCUT2D eigenvalue weighted by Gasteiger charge is -2.40. The lowest BCUT2D eigenvalue weighted by molar-refractivity contribution is -0.162. The quantitative estimate of drug-likeness (QED) is 0.640. The van der Waals surface area contributed by atoms with Gasteiger partial charge in [0.15, 0.2) is 12.4 Å². The molecule has 33 heavy (non-hydrogen) atoms. The topological polar surface area (TPSA) is 139 Å². The molecule has 14 heteroatoms. The van der Waals surface area contributed by atoms with Gasteiger partial charge in [-0.3, -0.25) is 14.5 Å². The minimum atomic E-state index is -4.63. The number of piperidine rings is 1. The lowest BCUT2D eigenvalue weighted by Crippen LogP contribution is -2.48. The van der Waals surface area contributed by atoms with Crippen LogP contribution in [-0.2, 0) is 10.3 Å². The van der Waals surface area contributed by atoms with E-state index in [1.807, 2.05) is 0 Å². The maximum Gasteiger partial charge on any atom is 0.422 e. The Kier molecular flexibility index (Phi) is 6.97. The molecular formula is C19H19ClF3N7O3. The first kappa shape index (κ1) is 24.1. The standard InChI is InChI=1S/C19H19ClF3N7O3/c20-12-7-13(9-26-8-12)27-16-14(15(25)31)10-30(28-16)18(1-4-24)2-5-29(6-3-18)17(32)33-11-19(21,22)23/h7-10H,1-3,5-6,11H2,(H2,25,31)(H,27,28). The first-order chi connectivity index (χ1) is 15.5. The predicted molar refractivity (Wildman–Crippen MR) is 110 cm³/mol. The van der Waals surface area contributed by atoms with Gasteiger partial charge >= 0.3 is 12.3 Å². The van der Waals surface area contributed by atoms with Crippen molar-refractivity contribution in [3.8, 4) is 6.07 Å². The van der Waals surface area contributed by atoms with Crippen molar-refractivity contribution in [2.75, 3.05) is 25.0 Å². The number of carbonyl (C=O) groups is 2. The highest BCUT2D eigenvalue weighted by atomic mass is 35.5. The number of anilines is 2. The number of pyridine rings is 1. The minimum absolute atomic E-state index is 0.0174. The van der Waals surface area contributed by atoms with Crippen LogP contribution in [-0.4, -0.2) is 57.5 Å². The number of amides is 2. The van der Waals surface area contributed by atoms with E-state index in [1.54, 1.807) is 6.07 Å². The van der Waals surface area contributed by atoms with Crippen molar-refractivity contribution in [2.45, 2.75) is 31.0 Å². The summed E-state index contributed by atoms with van der Waals surface area (Å²) in [5.41, 5.74) is 5.08. The highest BCUT2D eigenvalue weighted by Crippen LogP contribution is 2.35. The summed E-state index contributed by atoms with van der Waals surface area (Å²) in [5.74, 6) is -0.644. The number of ether oxygens (including phenoxy) is 1. The molecule has 0 saturated carbocycles. The molecule has 1 fully saturated rings. The number of nitrogens with one attached hydrogen (secondary N) is 1. The number of rotatable bonds is 6. The molecule has 0 radical (unpaired) electrons. The van der Waals surface area contributed by atoms with Crippen molar-refractivity contribution in [1.82, 2.24) is 19.7 Å². The Balaban J connectivity index is 1.81. The highest BCUT2D eigenvalue weighted by molar-refractivity contribution is 6.30. The number of hydrogen-bond donors (Lipinski definition) is 2. The van der Waals surface area contributed by atoms with Gasteiger partial charge < -0.3 is 20.7 Å². The predicted octanol–water partition coefficient (Wildman–Crippen LogP) is 3.18. The summed E-state index contributed by atoms with van der Waals surface area (Å²) in [7, 11) is 0. The Hall–Kier alpha value is -3.53. The summed E-state index contributed by atoms with van der Waals surface area (Å²) in [4.78, 5) is 29.0. The van der Waals surface area contributed by atoms with E-state index in [1.165, 1.54) is 23.3 Å². The van der Waals surface area contributed by atoms with E-state index < -0.39 is 30.3 Å². The normalized spacial score (nSPS) is 15.5. The smallest absolute Gasteiger partial charge is 0.422 e. The number of aromatic nitrogens is 3. The summed E-state index contributed by atoms with van der Waals surface area (Å²) in [5, 5.41) is 17.1. The lowest BCUT2D eigenvalue weighted by atomic mass is 9.85. The van der Waals surface area contributed by atoms with Crippen LogP contribution in [0.5, 0.6) is 0 Å². The third-order valence-corrected chi connectivity index (χ3v) is 5.36. The molecule has 1 aliphatic rings. The molecule has 10 nitrogen and oxygen atoms in total. The van der Waals surface area contributed by atoms with Gasteiger partial charge in [-0.2, -0.15) is 23.5 Å². The van der Waals surface area contributed by atoms with E-state index in [0.29, 0.717) is 10.7 Å². The molecule has 0 atom stereocenters. The van der Waals surface area contributed by atoms with Gasteiger partial charge in [0, 0.05) is 25.5 Å². The van der Waals surface area contributed by atoms with Gasteiger partial charge in [0.05, 0.1) is 34.9 Å². The van der Waals surface area contributed by atoms with Gasteiger partial charge in [-0.15, -0.1) is 0 Å². The van der Waals surface area contributed by atoms with Crippen molar-refractivity contribution < 1.29 is 27.5 Å². The molecule has 0 spiro atoms. The van der Waals surface area contributed by atoms with Gasteiger partial charge in [-0.05, 0) is 18.9 Å². The van der Waals surface area contributed by atoms with Gasteiger partial charge in [0.1, 0.15) is 5.56 Å². The van der Waals surface area contributed by atoms with Crippen LogP contribution in [0, 0.1) is 11.3 Å². The summed E-state index contributed by atoms with van der Waals surface area (Å²) >= 11 is 5.93. The highest BCUT2D eigenvalue weighted by Gasteiger charge is 2.40. The molecule has 1 aliphatic heterocycles. The van der Waals surface area contributed by atoms with E-state index in [9.17, 15) is 28.0 Å². The zero-order valence-electron chi connectivity index (χ0n) is 17.1. The number of halogens is 4. The largest absolute Gasteiger partial charge is 0.440 e. The Morgan fingerprint density at radius 2 is 2.03 bits per heavy atom. The number of carbonyl (C=O) groups excluding carboxylic acids is 2. The average Bonchev–Trinajstić information content (AvgIpc) is 3.17. The Labute approximate surface area is 191 Å². The van der Waals surface area contributed by atoms with Crippen LogP contribution >= 0.6 is 11.6 Å². The number of alkyl halides is 3. The minimum Gasteiger partial charge on any atom is -0.440 e. The first-order valence-corrected chi connectivity index (χ1v) is 10.0. The van der Waals surface area contributed by atoms with Crippen molar-refractivity contribution in [2.24, 2.45) is 5.73 Å². The molecule has 0 unspecified atom stereocenters. The Morgan fingerprint density at radius 3 is 2.61 bits per heavy atom. The Morgan fingerprint density at radius 1 is 1.33 bits per heavy atom. The SMILES string of the molecule is N#CCC1(n2cc(C(N)=O)c(Nc3cncc(Cl)c3)n2)CCN(C(=O)OCC(F)(F)F)CC1. The number of primary amides is 1. The van der Waals surface area contributed by atoms with Crippen molar-refractivity contribution in [1.29, 1.82) is 5.26 Å². The number of hydrogen-bond acceptors (Lipinski definition) is 7. The van der Waals surface area contributed by atoms with Crippen LogP contribution < -0.4 is 11.1 Å². The summed E-state index contributed by atoms with van der Waals surface area (Å²) in [6.07, 6.45) is -1.06. The summed E-state index contributed by atoms with van der Waals surface area (Å²) in [6, 6.07) is 3.64. The van der Waals surface area contributed by atoms with Crippen LogP contribution in [0.3, 0.4) is 0 Å². The number of nitrogens with two attached hydrogens (primary N) is 1. The zero-order valence-corrected chi connectivity index (χ0v) is 17.9. The van der Waals surface area contributed by atoms with E-state index in [4.69, 9.17) is 17.3 Å². The average molecular weight is 486 g/mol. The third-order valence-electron chi connectivity index (χ3n) is 5.15.